The summed E-state index contributed by atoms with van der Waals surface area (Å²) in [6.07, 6.45) is 5.02. The fraction of sp³-hybridized carbons (Fsp3) is 0.750. The molecule has 0 heterocycles. The highest BCUT2D eigenvalue weighted by molar-refractivity contribution is 7.54. The lowest BCUT2D eigenvalue weighted by Gasteiger charge is -2.16. The average molecular weight is 208 g/mol. The molecule has 0 aliphatic rings. The Hall–Kier alpha value is -0.150. The van der Waals surface area contributed by atoms with Crippen molar-refractivity contribution >= 4 is 7.60 Å². The predicted octanol–water partition coefficient (Wildman–Crippen LogP) is 2.15. The number of allylic oxidation sites excluding steroid dienone is 1. The highest BCUT2D eigenvalue weighted by Gasteiger charge is 2.29. The lowest BCUT2D eigenvalue weighted by Crippen LogP contribution is -2.06. The van der Waals surface area contributed by atoms with E-state index >= 15 is 0 Å². The lowest BCUT2D eigenvalue weighted by molar-refractivity contribution is 0.200. The summed E-state index contributed by atoms with van der Waals surface area (Å²) in [6, 6.07) is 0. The van der Waals surface area contributed by atoms with Crippen molar-refractivity contribution in [2.24, 2.45) is 0 Å². The first-order valence-electron chi connectivity index (χ1n) is 4.16. The molecule has 0 unspecified atom stereocenters. The van der Waals surface area contributed by atoms with E-state index in [1.165, 1.54) is 20.3 Å². The summed E-state index contributed by atoms with van der Waals surface area (Å²) in [6.45, 7) is 2.02. The van der Waals surface area contributed by atoms with Crippen LogP contribution in [0.15, 0.2) is 12.2 Å². The van der Waals surface area contributed by atoms with Gasteiger partial charge in [0.1, 0.15) is 0 Å². The molecule has 0 aliphatic heterocycles. The second kappa shape index (κ2) is 6.33. The van der Waals surface area contributed by atoms with E-state index in [9.17, 15) is 9.67 Å². The maximum Gasteiger partial charge on any atom is 0.362 e. The Labute approximate surface area is 79.1 Å². The van der Waals surface area contributed by atoms with Crippen molar-refractivity contribution in [2.75, 3.05) is 14.2 Å². The third-order valence-electron chi connectivity index (χ3n) is 1.60. The SMILES string of the molecule is CCCC=C[C@@H](O)P(=O)(OC)OC. The smallest absolute Gasteiger partial charge is 0.362 e. The Morgan fingerprint density at radius 1 is 1.46 bits per heavy atom. The normalized spacial score (nSPS) is 15.1. The number of aliphatic hydroxyl groups excluding tert-OH is 1. The van der Waals surface area contributed by atoms with E-state index < -0.39 is 13.4 Å². The van der Waals surface area contributed by atoms with Crippen molar-refractivity contribution in [3.8, 4) is 0 Å². The second-order valence-corrected chi connectivity index (χ2v) is 4.87. The van der Waals surface area contributed by atoms with Gasteiger partial charge < -0.3 is 14.2 Å². The summed E-state index contributed by atoms with van der Waals surface area (Å²) in [5.41, 5.74) is 0. The van der Waals surface area contributed by atoms with Crippen LogP contribution >= 0.6 is 7.60 Å². The zero-order valence-corrected chi connectivity index (χ0v) is 9.16. The van der Waals surface area contributed by atoms with Gasteiger partial charge in [-0.3, -0.25) is 4.57 Å². The molecule has 0 aromatic heterocycles. The zero-order chi connectivity index (χ0) is 10.3. The molecule has 78 valence electrons. The van der Waals surface area contributed by atoms with Gasteiger partial charge in [0.15, 0.2) is 5.85 Å². The molecular formula is C8H17O4P. The fourth-order valence-corrected chi connectivity index (χ4v) is 1.69. The van der Waals surface area contributed by atoms with Crippen LogP contribution in [0.25, 0.3) is 0 Å². The molecule has 1 atom stereocenters. The maximum atomic E-state index is 11.5. The number of hydrogen-bond donors (Lipinski definition) is 1. The third kappa shape index (κ3) is 4.05. The number of rotatable bonds is 6. The minimum Gasteiger partial charge on any atom is -0.377 e. The zero-order valence-electron chi connectivity index (χ0n) is 8.27. The number of unbranched alkanes of at least 4 members (excludes halogenated alkanes) is 1. The van der Waals surface area contributed by atoms with Crippen LogP contribution in [0.2, 0.25) is 0 Å². The summed E-state index contributed by atoms with van der Waals surface area (Å²) >= 11 is 0. The van der Waals surface area contributed by atoms with E-state index in [-0.39, 0.29) is 0 Å². The van der Waals surface area contributed by atoms with E-state index in [4.69, 9.17) is 0 Å². The van der Waals surface area contributed by atoms with Gasteiger partial charge in [0.25, 0.3) is 0 Å². The van der Waals surface area contributed by atoms with Crippen molar-refractivity contribution in [1.29, 1.82) is 0 Å². The van der Waals surface area contributed by atoms with Gasteiger partial charge in [0.2, 0.25) is 0 Å². The maximum absolute atomic E-state index is 11.5. The first-order chi connectivity index (χ1) is 6.10. The molecule has 0 amide bonds. The summed E-state index contributed by atoms with van der Waals surface area (Å²) < 4.78 is 20.7. The minimum absolute atomic E-state index is 0.838. The molecule has 0 spiro atoms. The number of aliphatic hydroxyl groups is 1. The Kier molecular flexibility index (Phi) is 6.25. The highest BCUT2D eigenvalue weighted by atomic mass is 31.2. The second-order valence-electron chi connectivity index (χ2n) is 2.54. The van der Waals surface area contributed by atoms with Crippen LogP contribution in [-0.2, 0) is 13.6 Å². The van der Waals surface area contributed by atoms with Gasteiger partial charge in [0, 0.05) is 14.2 Å². The van der Waals surface area contributed by atoms with Crippen molar-refractivity contribution in [2.45, 2.75) is 25.6 Å². The molecule has 0 aromatic rings. The molecule has 13 heavy (non-hydrogen) atoms. The molecule has 5 heteroatoms. The first-order valence-corrected chi connectivity index (χ1v) is 5.77. The molecule has 0 fully saturated rings. The minimum atomic E-state index is -3.34. The summed E-state index contributed by atoms with van der Waals surface area (Å²) in [5, 5.41) is 9.39. The Balaban J connectivity index is 4.22. The van der Waals surface area contributed by atoms with Crippen LogP contribution in [0.3, 0.4) is 0 Å². The van der Waals surface area contributed by atoms with Crippen molar-refractivity contribution in [1.82, 2.24) is 0 Å². The molecule has 0 saturated heterocycles. The summed E-state index contributed by atoms with van der Waals surface area (Å²) in [4.78, 5) is 0. The van der Waals surface area contributed by atoms with Crippen LogP contribution < -0.4 is 0 Å². The highest BCUT2D eigenvalue weighted by Crippen LogP contribution is 2.50. The van der Waals surface area contributed by atoms with E-state index in [1.54, 1.807) is 6.08 Å². The monoisotopic (exact) mass is 208 g/mol. The molecule has 0 radical (unpaired) electrons. The van der Waals surface area contributed by atoms with Gasteiger partial charge in [0.05, 0.1) is 0 Å². The van der Waals surface area contributed by atoms with Gasteiger partial charge >= 0.3 is 7.60 Å². The quantitative estimate of drug-likeness (QED) is 0.536. The molecule has 0 bridgehead atoms. The average Bonchev–Trinajstić information content (AvgIpc) is 2.17. The standard InChI is InChI=1S/C8H17O4P/c1-4-5-6-7-8(9)13(10,11-2)12-3/h6-9H,4-5H2,1-3H3/t8-/m0/s1. The Morgan fingerprint density at radius 2 is 2.00 bits per heavy atom. The van der Waals surface area contributed by atoms with Crippen LogP contribution in [0.4, 0.5) is 0 Å². The lowest BCUT2D eigenvalue weighted by atomic mass is 10.3. The molecule has 0 aliphatic carbocycles. The van der Waals surface area contributed by atoms with Gasteiger partial charge in [-0.1, -0.05) is 19.4 Å². The fourth-order valence-electron chi connectivity index (χ4n) is 0.781. The largest absolute Gasteiger partial charge is 0.377 e. The van der Waals surface area contributed by atoms with E-state index in [0.717, 1.165) is 12.8 Å². The molecule has 0 saturated carbocycles. The van der Waals surface area contributed by atoms with Crippen molar-refractivity contribution in [3.63, 3.8) is 0 Å². The Bertz CT molecular complexity index is 194. The van der Waals surface area contributed by atoms with Gasteiger partial charge in [-0.15, -0.1) is 0 Å². The molecule has 1 N–H and O–H groups in total. The molecular weight excluding hydrogens is 191 g/mol. The van der Waals surface area contributed by atoms with Crippen LogP contribution in [0.5, 0.6) is 0 Å². The first kappa shape index (κ1) is 12.8. The summed E-state index contributed by atoms with van der Waals surface area (Å²) in [5.74, 6) is -1.17. The Morgan fingerprint density at radius 3 is 2.38 bits per heavy atom. The predicted molar refractivity (Wildman–Crippen MR) is 51.7 cm³/mol. The van der Waals surface area contributed by atoms with Crippen molar-refractivity contribution < 1.29 is 18.7 Å². The third-order valence-corrected chi connectivity index (χ3v) is 3.43. The number of hydrogen-bond acceptors (Lipinski definition) is 4. The van der Waals surface area contributed by atoms with Crippen molar-refractivity contribution in [3.05, 3.63) is 12.2 Å². The van der Waals surface area contributed by atoms with E-state index in [0.29, 0.717) is 0 Å². The topological polar surface area (TPSA) is 55.8 Å². The van der Waals surface area contributed by atoms with E-state index in [1.807, 2.05) is 6.92 Å². The summed E-state index contributed by atoms with van der Waals surface area (Å²) in [7, 11) is -0.841. The van der Waals surface area contributed by atoms with Crippen LogP contribution in [0.1, 0.15) is 19.8 Å². The molecule has 4 nitrogen and oxygen atoms in total. The van der Waals surface area contributed by atoms with Crippen LogP contribution in [0, 0.1) is 0 Å². The van der Waals surface area contributed by atoms with Gasteiger partial charge in [-0.25, -0.2) is 0 Å². The van der Waals surface area contributed by atoms with Gasteiger partial charge in [-0.05, 0) is 12.5 Å². The molecule has 0 rings (SSSR count). The van der Waals surface area contributed by atoms with Crippen LogP contribution in [-0.4, -0.2) is 25.2 Å². The molecule has 0 aromatic carbocycles. The van der Waals surface area contributed by atoms with E-state index in [2.05, 4.69) is 9.05 Å². The van der Waals surface area contributed by atoms with Gasteiger partial charge in [-0.2, -0.15) is 0 Å².